The summed E-state index contributed by atoms with van der Waals surface area (Å²) in [7, 11) is 0. The third kappa shape index (κ3) is 7.65. The van der Waals surface area contributed by atoms with Gasteiger partial charge in [-0.2, -0.15) is 0 Å². The van der Waals surface area contributed by atoms with Crippen molar-refractivity contribution >= 4 is 29.5 Å². The van der Waals surface area contributed by atoms with Crippen LogP contribution in [0, 0.1) is 0 Å². The molecule has 2 N–H and O–H groups in total. The Hall–Kier alpha value is -3.44. The largest absolute Gasteiger partial charge is 0.381 e. The Morgan fingerprint density at radius 2 is 2.05 bits per heavy atom. The Bertz CT molecular complexity index is 1360. The average molecular weight is 575 g/mol. The Morgan fingerprint density at radius 1 is 1.24 bits per heavy atom. The van der Waals surface area contributed by atoms with E-state index in [4.69, 9.17) is 4.74 Å². The Balaban J connectivity index is 1.29. The van der Waals surface area contributed by atoms with Gasteiger partial charge in [0.2, 0.25) is 0 Å². The van der Waals surface area contributed by atoms with E-state index >= 15 is 0 Å². The van der Waals surface area contributed by atoms with Gasteiger partial charge in [0.25, 0.3) is 5.91 Å². The minimum absolute atomic E-state index is 0.147. The number of ether oxygens (including phenoxy) is 1. The van der Waals surface area contributed by atoms with Crippen LogP contribution in [0.4, 0.5) is 0 Å². The van der Waals surface area contributed by atoms with Crippen LogP contribution in [-0.2, 0) is 16.0 Å². The normalized spacial score (nSPS) is 22.2. The summed E-state index contributed by atoms with van der Waals surface area (Å²) >= 11 is 1.58. The maximum absolute atomic E-state index is 13.5. The molecular formula is C31H38N6O3S. The van der Waals surface area contributed by atoms with Crippen LogP contribution in [0.2, 0.25) is 0 Å². The van der Waals surface area contributed by atoms with Crippen LogP contribution < -0.4 is 5.32 Å². The van der Waals surface area contributed by atoms with Gasteiger partial charge in [-0.1, -0.05) is 37.0 Å². The molecule has 4 heterocycles. The number of rotatable bonds is 9. The van der Waals surface area contributed by atoms with Crippen LogP contribution >= 0.6 is 11.3 Å². The highest BCUT2D eigenvalue weighted by Gasteiger charge is 2.26. The van der Waals surface area contributed by atoms with Crippen molar-refractivity contribution in [3.05, 3.63) is 88.5 Å². The molecule has 10 heteroatoms. The summed E-state index contributed by atoms with van der Waals surface area (Å²) in [5.74, 6) is 0.270. The van der Waals surface area contributed by atoms with E-state index in [2.05, 4.69) is 37.7 Å². The second-order valence-corrected chi connectivity index (χ2v) is 11.5. The molecule has 216 valence electrons. The molecule has 2 aromatic rings. The number of aromatic nitrogens is 3. The second kappa shape index (κ2) is 14.0. The lowest BCUT2D eigenvalue weighted by molar-refractivity contribution is -0.124. The van der Waals surface area contributed by atoms with Crippen LogP contribution in [0.25, 0.3) is 6.08 Å². The molecule has 1 amide bonds. The molecule has 0 spiro atoms. The van der Waals surface area contributed by atoms with Crippen molar-refractivity contribution in [2.24, 2.45) is 4.99 Å². The fourth-order valence-electron chi connectivity index (χ4n) is 4.94. The molecule has 2 aromatic heterocycles. The van der Waals surface area contributed by atoms with E-state index in [-0.39, 0.29) is 23.6 Å². The molecule has 9 nitrogen and oxygen atoms in total. The minimum Gasteiger partial charge on any atom is -0.381 e. The maximum Gasteiger partial charge on any atom is 0.275 e. The number of aliphatic hydroxyl groups excluding tert-OH is 1. The molecule has 0 radical (unpaired) electrons. The number of carbonyl (C=O) groups excluding carboxylic acids is 1. The molecule has 3 aliphatic rings. The quantitative estimate of drug-likeness (QED) is 0.192. The van der Waals surface area contributed by atoms with Crippen LogP contribution in [0.3, 0.4) is 0 Å². The van der Waals surface area contributed by atoms with Gasteiger partial charge in [0.05, 0.1) is 5.92 Å². The van der Waals surface area contributed by atoms with E-state index in [9.17, 15) is 9.90 Å². The van der Waals surface area contributed by atoms with Crippen molar-refractivity contribution < 1.29 is 14.6 Å². The lowest BCUT2D eigenvalue weighted by Crippen LogP contribution is -2.28. The van der Waals surface area contributed by atoms with Crippen molar-refractivity contribution in [3.8, 4) is 0 Å². The number of aliphatic imine (C=N–C) groups is 1. The van der Waals surface area contributed by atoms with Gasteiger partial charge < -0.3 is 19.3 Å². The molecule has 0 bridgehead atoms. The van der Waals surface area contributed by atoms with E-state index in [1.54, 1.807) is 35.0 Å². The second-order valence-electron chi connectivity index (χ2n) is 10.4. The first-order valence-corrected chi connectivity index (χ1v) is 15.1. The van der Waals surface area contributed by atoms with Gasteiger partial charge in [-0.3, -0.25) is 15.1 Å². The first-order valence-electron chi connectivity index (χ1n) is 14.3. The average Bonchev–Trinajstić information content (AvgIpc) is 3.50. The zero-order valence-corrected chi connectivity index (χ0v) is 24.2. The van der Waals surface area contributed by atoms with Crippen molar-refractivity contribution in [1.29, 1.82) is 0 Å². The molecule has 2 aliphatic heterocycles. The number of fused-ring (bicyclic) bond motifs is 1. The van der Waals surface area contributed by atoms with Crippen LogP contribution in [0.15, 0.2) is 72.3 Å². The molecular weight excluding hydrogens is 536 g/mol. The van der Waals surface area contributed by atoms with Crippen molar-refractivity contribution in [3.63, 3.8) is 0 Å². The number of allylic oxidation sites excluding steroid dienone is 6. The number of thiophene rings is 1. The number of nitrogens with zero attached hydrogens (tertiary/aromatic N) is 5. The van der Waals surface area contributed by atoms with Crippen molar-refractivity contribution in [1.82, 2.24) is 25.0 Å². The Labute approximate surface area is 245 Å². The predicted molar refractivity (Wildman–Crippen MR) is 162 cm³/mol. The number of amides is 1. The highest BCUT2D eigenvalue weighted by Crippen LogP contribution is 2.31. The van der Waals surface area contributed by atoms with Crippen molar-refractivity contribution in [2.75, 3.05) is 19.8 Å². The molecule has 1 saturated heterocycles. The van der Waals surface area contributed by atoms with Gasteiger partial charge in [-0.05, 0) is 62.8 Å². The summed E-state index contributed by atoms with van der Waals surface area (Å²) in [4.78, 5) is 21.6. The SMILES string of the molecule is C=C(N=CC(/C=C\C)c1nncn1C1CCOCC1)C(=O)N1/C=C/C=C\C=C\c2sc(C(O)NC3CC3)cc2CC1. The topological polar surface area (TPSA) is 105 Å². The van der Waals surface area contributed by atoms with Crippen LogP contribution in [-0.4, -0.2) is 62.7 Å². The molecule has 41 heavy (non-hydrogen) atoms. The Kier molecular flexibility index (Phi) is 9.89. The highest BCUT2D eigenvalue weighted by molar-refractivity contribution is 7.13. The van der Waals surface area contributed by atoms with Crippen molar-refractivity contribution in [2.45, 2.75) is 63.3 Å². The first-order chi connectivity index (χ1) is 20.0. The third-order valence-corrected chi connectivity index (χ3v) is 8.55. The molecule has 2 atom stereocenters. The molecule has 2 unspecified atom stereocenters. The summed E-state index contributed by atoms with van der Waals surface area (Å²) < 4.78 is 7.62. The fraction of sp³-hybridized carbons (Fsp3) is 0.419. The number of hydrogen-bond donors (Lipinski definition) is 2. The number of carbonyl (C=O) groups is 1. The van der Waals surface area contributed by atoms with Gasteiger partial charge in [-0.25, -0.2) is 0 Å². The first kappa shape index (κ1) is 29.1. The van der Waals surface area contributed by atoms with Gasteiger partial charge >= 0.3 is 0 Å². The minimum atomic E-state index is -0.675. The number of aliphatic hydroxyl groups is 1. The van der Waals surface area contributed by atoms with E-state index in [0.717, 1.165) is 60.0 Å². The number of nitrogens with one attached hydrogen (secondary N) is 1. The monoisotopic (exact) mass is 574 g/mol. The number of hydrogen-bond acceptors (Lipinski definition) is 8. The zero-order valence-electron chi connectivity index (χ0n) is 23.4. The van der Waals surface area contributed by atoms with E-state index < -0.39 is 6.23 Å². The van der Waals surface area contributed by atoms with Gasteiger partial charge in [0.15, 0.2) is 0 Å². The summed E-state index contributed by atoms with van der Waals surface area (Å²) in [6.45, 7) is 7.84. The molecule has 1 saturated carbocycles. The van der Waals surface area contributed by atoms with Gasteiger partial charge in [0.1, 0.15) is 24.1 Å². The van der Waals surface area contributed by atoms with Crippen LogP contribution in [0.5, 0.6) is 0 Å². The van der Waals surface area contributed by atoms with E-state index in [1.807, 2.05) is 49.4 Å². The summed E-state index contributed by atoms with van der Waals surface area (Å²) in [5, 5.41) is 22.4. The molecule has 2 fully saturated rings. The van der Waals surface area contributed by atoms with Gasteiger partial charge in [0, 0.05) is 54.0 Å². The summed E-state index contributed by atoms with van der Waals surface area (Å²) in [6.07, 6.45) is 22.9. The summed E-state index contributed by atoms with van der Waals surface area (Å²) in [5.41, 5.74) is 1.24. The molecule has 5 rings (SSSR count). The third-order valence-electron chi connectivity index (χ3n) is 7.35. The maximum atomic E-state index is 13.5. The van der Waals surface area contributed by atoms with E-state index in [1.165, 1.54) is 0 Å². The van der Waals surface area contributed by atoms with Gasteiger partial charge in [-0.15, -0.1) is 21.5 Å². The highest BCUT2D eigenvalue weighted by atomic mass is 32.1. The lowest BCUT2D eigenvalue weighted by Gasteiger charge is -2.25. The molecule has 1 aliphatic carbocycles. The van der Waals surface area contributed by atoms with Crippen LogP contribution in [0.1, 0.15) is 71.9 Å². The Morgan fingerprint density at radius 3 is 2.83 bits per heavy atom. The summed E-state index contributed by atoms with van der Waals surface area (Å²) in [6, 6.07) is 2.72. The van der Waals surface area contributed by atoms with E-state index in [0.29, 0.717) is 19.0 Å². The zero-order chi connectivity index (χ0) is 28.6. The standard InChI is InChI=1S/C31H38N6O3S/c1-3-8-24(29-35-33-21-37(29)26-13-17-40-18-14-26)20-32-22(2)31(39)36-15-7-5-4-6-9-27-23(12-16-36)19-28(41-27)30(38)34-25-10-11-25/h3-9,15,19-21,24-26,30,34,38H,2,10-14,16-18H2,1H3/b5-4-,8-3-,9-6+,15-7+,32-20?. The lowest BCUT2D eigenvalue weighted by atomic mass is 10.1. The smallest absolute Gasteiger partial charge is 0.275 e. The predicted octanol–water partition coefficient (Wildman–Crippen LogP) is 4.85. The molecule has 0 aromatic carbocycles. The fourth-order valence-corrected chi connectivity index (χ4v) is 6.01.